The van der Waals surface area contributed by atoms with Gasteiger partial charge in [-0.25, -0.2) is 8.78 Å². The summed E-state index contributed by atoms with van der Waals surface area (Å²) in [5.74, 6) is -1.53. The third-order valence-electron chi connectivity index (χ3n) is 2.95. The van der Waals surface area contributed by atoms with Gasteiger partial charge in [0.2, 0.25) is 0 Å². The summed E-state index contributed by atoms with van der Waals surface area (Å²) in [7, 11) is 0. The predicted octanol–water partition coefficient (Wildman–Crippen LogP) is 3.58. The Morgan fingerprint density at radius 2 is 1.82 bits per heavy atom. The minimum atomic E-state index is -0.834. The Morgan fingerprint density at radius 3 is 2.59 bits per heavy atom. The standard InChI is InChI=1S/C14H14F2O/c15-13-6-5-11(9-14(13)16)7-10-3-1-2-4-12(17)8-10/h5-6,8-9H,1-4,7H2. The molecule has 1 aliphatic rings. The number of benzene rings is 1. The summed E-state index contributed by atoms with van der Waals surface area (Å²) in [5, 5.41) is 0. The molecule has 1 nitrogen and oxygen atoms in total. The van der Waals surface area contributed by atoms with Crippen molar-refractivity contribution in [2.45, 2.75) is 32.1 Å². The van der Waals surface area contributed by atoms with Crippen LogP contribution in [0.25, 0.3) is 0 Å². The number of carbonyl (C=O) groups is 1. The number of ketones is 1. The molecule has 1 aromatic rings. The van der Waals surface area contributed by atoms with Crippen molar-refractivity contribution in [2.75, 3.05) is 0 Å². The second-order valence-electron chi connectivity index (χ2n) is 4.40. The van der Waals surface area contributed by atoms with Gasteiger partial charge in [0.05, 0.1) is 0 Å². The van der Waals surface area contributed by atoms with Crippen molar-refractivity contribution in [3.8, 4) is 0 Å². The summed E-state index contributed by atoms with van der Waals surface area (Å²) in [4.78, 5) is 11.4. The molecule has 90 valence electrons. The van der Waals surface area contributed by atoms with Crippen LogP contribution in [0.3, 0.4) is 0 Å². The molecule has 0 amide bonds. The highest BCUT2D eigenvalue weighted by molar-refractivity contribution is 5.90. The molecule has 1 aromatic carbocycles. The van der Waals surface area contributed by atoms with Crippen LogP contribution in [0.5, 0.6) is 0 Å². The number of allylic oxidation sites excluding steroid dienone is 2. The summed E-state index contributed by atoms with van der Waals surface area (Å²) in [6.45, 7) is 0. The van der Waals surface area contributed by atoms with Gasteiger partial charge >= 0.3 is 0 Å². The lowest BCUT2D eigenvalue weighted by Gasteiger charge is -2.05. The normalized spacial score (nSPS) is 16.6. The molecule has 2 rings (SSSR count). The van der Waals surface area contributed by atoms with Gasteiger partial charge in [0.1, 0.15) is 0 Å². The molecule has 0 radical (unpaired) electrons. The average Bonchev–Trinajstić information content (AvgIpc) is 2.48. The van der Waals surface area contributed by atoms with Crippen LogP contribution in [0, 0.1) is 11.6 Å². The Labute approximate surface area is 99.1 Å². The van der Waals surface area contributed by atoms with E-state index in [0.717, 1.165) is 30.9 Å². The highest BCUT2D eigenvalue weighted by Crippen LogP contribution is 2.20. The fourth-order valence-electron chi connectivity index (χ4n) is 2.07. The molecule has 0 aromatic heterocycles. The molecule has 0 heterocycles. The summed E-state index contributed by atoms with van der Waals surface area (Å²) in [6.07, 6.45) is 5.56. The number of halogens is 2. The van der Waals surface area contributed by atoms with Crippen molar-refractivity contribution in [3.05, 3.63) is 47.0 Å². The average molecular weight is 236 g/mol. The second-order valence-corrected chi connectivity index (χ2v) is 4.40. The zero-order valence-corrected chi connectivity index (χ0v) is 9.51. The van der Waals surface area contributed by atoms with Crippen LogP contribution < -0.4 is 0 Å². The van der Waals surface area contributed by atoms with Crippen LogP contribution in [0.15, 0.2) is 29.8 Å². The number of carbonyl (C=O) groups excluding carboxylic acids is 1. The summed E-state index contributed by atoms with van der Waals surface area (Å²) < 4.78 is 25.8. The lowest BCUT2D eigenvalue weighted by atomic mass is 10.0. The number of rotatable bonds is 2. The van der Waals surface area contributed by atoms with E-state index in [4.69, 9.17) is 0 Å². The summed E-state index contributed by atoms with van der Waals surface area (Å²) in [5.41, 5.74) is 1.73. The zero-order chi connectivity index (χ0) is 12.3. The molecule has 3 heteroatoms. The quantitative estimate of drug-likeness (QED) is 0.767. The second kappa shape index (κ2) is 5.21. The maximum absolute atomic E-state index is 13.0. The maximum atomic E-state index is 13.0. The molecule has 0 spiro atoms. The Bertz CT molecular complexity index is 463. The van der Waals surface area contributed by atoms with Gasteiger partial charge in [0.15, 0.2) is 17.4 Å². The minimum Gasteiger partial charge on any atom is -0.295 e. The minimum absolute atomic E-state index is 0.139. The molecule has 0 saturated heterocycles. The van der Waals surface area contributed by atoms with Crippen LogP contribution in [-0.4, -0.2) is 5.78 Å². The lowest BCUT2D eigenvalue weighted by Crippen LogP contribution is -1.95. The van der Waals surface area contributed by atoms with E-state index in [-0.39, 0.29) is 5.78 Å². The smallest absolute Gasteiger partial charge is 0.159 e. The Hall–Kier alpha value is -1.51. The van der Waals surface area contributed by atoms with E-state index in [0.29, 0.717) is 18.4 Å². The molecule has 1 aliphatic carbocycles. The molecule has 0 atom stereocenters. The van der Waals surface area contributed by atoms with Gasteiger partial charge in [0, 0.05) is 6.42 Å². The van der Waals surface area contributed by atoms with E-state index in [2.05, 4.69) is 0 Å². The zero-order valence-electron chi connectivity index (χ0n) is 9.51. The van der Waals surface area contributed by atoms with Crippen LogP contribution in [0.4, 0.5) is 8.78 Å². The number of hydrogen-bond acceptors (Lipinski definition) is 1. The van der Waals surface area contributed by atoms with Gasteiger partial charge in [-0.05, 0) is 49.5 Å². The van der Waals surface area contributed by atoms with Gasteiger partial charge in [-0.3, -0.25) is 4.79 Å². The van der Waals surface area contributed by atoms with Crippen molar-refractivity contribution >= 4 is 5.78 Å². The van der Waals surface area contributed by atoms with Crippen molar-refractivity contribution < 1.29 is 13.6 Å². The summed E-state index contributed by atoms with van der Waals surface area (Å²) >= 11 is 0. The van der Waals surface area contributed by atoms with E-state index < -0.39 is 11.6 Å². The van der Waals surface area contributed by atoms with Crippen LogP contribution in [0.2, 0.25) is 0 Å². The largest absolute Gasteiger partial charge is 0.295 e. The van der Waals surface area contributed by atoms with Crippen molar-refractivity contribution in [3.63, 3.8) is 0 Å². The predicted molar refractivity (Wildman–Crippen MR) is 61.6 cm³/mol. The fourth-order valence-corrected chi connectivity index (χ4v) is 2.07. The van der Waals surface area contributed by atoms with Crippen molar-refractivity contribution in [2.24, 2.45) is 0 Å². The maximum Gasteiger partial charge on any atom is 0.159 e. The third kappa shape index (κ3) is 3.22. The molecular formula is C14H14F2O. The SMILES string of the molecule is O=C1C=C(Cc2ccc(F)c(F)c2)CCCC1. The summed E-state index contributed by atoms with van der Waals surface area (Å²) in [6, 6.07) is 3.89. The molecule has 0 unspecified atom stereocenters. The van der Waals surface area contributed by atoms with Gasteiger partial charge in [-0.15, -0.1) is 0 Å². The van der Waals surface area contributed by atoms with Crippen molar-refractivity contribution in [1.29, 1.82) is 0 Å². The molecule has 17 heavy (non-hydrogen) atoms. The monoisotopic (exact) mass is 236 g/mol. The highest BCUT2D eigenvalue weighted by atomic mass is 19.2. The molecule has 0 N–H and O–H groups in total. The van der Waals surface area contributed by atoms with Gasteiger partial charge in [-0.1, -0.05) is 11.6 Å². The van der Waals surface area contributed by atoms with E-state index >= 15 is 0 Å². The first-order chi connectivity index (χ1) is 8.15. The van der Waals surface area contributed by atoms with Crippen LogP contribution in [-0.2, 0) is 11.2 Å². The highest BCUT2D eigenvalue weighted by Gasteiger charge is 2.10. The van der Waals surface area contributed by atoms with E-state index in [1.54, 1.807) is 12.1 Å². The molecule has 0 fully saturated rings. The van der Waals surface area contributed by atoms with E-state index in [1.165, 1.54) is 6.07 Å². The van der Waals surface area contributed by atoms with Crippen molar-refractivity contribution in [1.82, 2.24) is 0 Å². The van der Waals surface area contributed by atoms with Gasteiger partial charge in [0.25, 0.3) is 0 Å². The molecule has 0 aliphatic heterocycles. The first-order valence-electron chi connectivity index (χ1n) is 5.81. The Morgan fingerprint density at radius 1 is 1.06 bits per heavy atom. The van der Waals surface area contributed by atoms with E-state index in [9.17, 15) is 13.6 Å². The topological polar surface area (TPSA) is 17.1 Å². The first kappa shape index (κ1) is 12.0. The third-order valence-corrected chi connectivity index (χ3v) is 2.95. The number of hydrogen-bond donors (Lipinski definition) is 0. The van der Waals surface area contributed by atoms with Gasteiger partial charge in [-0.2, -0.15) is 0 Å². The first-order valence-corrected chi connectivity index (χ1v) is 5.81. The van der Waals surface area contributed by atoms with Gasteiger partial charge < -0.3 is 0 Å². The van der Waals surface area contributed by atoms with Crippen LogP contribution in [0.1, 0.15) is 31.2 Å². The lowest BCUT2D eigenvalue weighted by molar-refractivity contribution is -0.114. The van der Waals surface area contributed by atoms with Crippen LogP contribution >= 0.6 is 0 Å². The Balaban J connectivity index is 2.14. The van der Waals surface area contributed by atoms with E-state index in [1.807, 2.05) is 0 Å². The molecular weight excluding hydrogens is 222 g/mol. The molecule has 0 saturated carbocycles. The Kier molecular flexibility index (Phi) is 3.67. The molecule has 0 bridgehead atoms. The fraction of sp³-hybridized carbons (Fsp3) is 0.357.